The number of carbonyl (C=O) groups is 1. The molecule has 0 aliphatic carbocycles. The fourth-order valence-electron chi connectivity index (χ4n) is 2.86. The number of likely N-dealkylation sites (tertiary alicyclic amines) is 1. The van der Waals surface area contributed by atoms with Crippen molar-refractivity contribution < 1.29 is 9.53 Å². The first kappa shape index (κ1) is 18.1. The van der Waals surface area contributed by atoms with Crippen molar-refractivity contribution in [3.8, 4) is 5.75 Å². The molecule has 5 heteroatoms. The number of carbonyl (C=O) groups excluding carboxylic acids is 1. The third kappa shape index (κ3) is 5.11. The highest BCUT2D eigenvalue weighted by molar-refractivity contribution is 6.32. The van der Waals surface area contributed by atoms with E-state index in [9.17, 15) is 4.79 Å². The average molecular weight is 339 g/mol. The van der Waals surface area contributed by atoms with E-state index in [1.54, 1.807) is 6.07 Å². The number of amides is 1. The summed E-state index contributed by atoms with van der Waals surface area (Å²) in [6.45, 7) is 9.27. The number of hydrogen-bond acceptors (Lipinski definition) is 3. The summed E-state index contributed by atoms with van der Waals surface area (Å²) in [5.74, 6) is 0.537. The van der Waals surface area contributed by atoms with E-state index in [0.29, 0.717) is 17.2 Å². The molecule has 1 N–H and O–H groups in total. The molecule has 0 aromatic heterocycles. The second-order valence-corrected chi connectivity index (χ2v) is 6.57. The van der Waals surface area contributed by atoms with Gasteiger partial charge in [-0.15, -0.1) is 0 Å². The van der Waals surface area contributed by atoms with Crippen LogP contribution >= 0.6 is 11.6 Å². The van der Waals surface area contributed by atoms with Crippen molar-refractivity contribution in [2.45, 2.75) is 52.2 Å². The lowest BCUT2D eigenvalue weighted by Gasteiger charge is -2.32. The van der Waals surface area contributed by atoms with Gasteiger partial charge >= 0.3 is 0 Å². The quantitative estimate of drug-likeness (QED) is 0.864. The molecule has 2 rings (SSSR count). The largest absolute Gasteiger partial charge is 0.479 e. The number of hydrogen-bond donors (Lipinski definition) is 1. The molecular weight excluding hydrogens is 312 g/mol. The molecule has 1 amide bonds. The summed E-state index contributed by atoms with van der Waals surface area (Å²) >= 11 is 6.16. The van der Waals surface area contributed by atoms with Gasteiger partial charge < -0.3 is 15.0 Å². The normalized spacial score (nSPS) is 17.7. The standard InChI is InChI=1S/C18H27ClN2O2/c1-4-16(23-17-12-13(3)6-7-15(17)19)18(22)20-14-8-10-21(5-2)11-9-14/h6-7,12,14,16H,4-5,8-11H2,1-3H3,(H,20,22). The van der Waals surface area contributed by atoms with Gasteiger partial charge in [0.1, 0.15) is 5.75 Å². The molecule has 1 unspecified atom stereocenters. The Morgan fingerprint density at radius 3 is 2.70 bits per heavy atom. The van der Waals surface area contributed by atoms with Crippen LogP contribution in [0.15, 0.2) is 18.2 Å². The minimum Gasteiger partial charge on any atom is -0.479 e. The van der Waals surface area contributed by atoms with Crippen LogP contribution in [0.25, 0.3) is 0 Å². The molecule has 1 aromatic carbocycles. The first-order chi connectivity index (χ1) is 11.0. The van der Waals surface area contributed by atoms with Crippen molar-refractivity contribution in [2.24, 2.45) is 0 Å². The molecule has 1 fully saturated rings. The molecule has 1 atom stereocenters. The SMILES string of the molecule is CCC(Oc1cc(C)ccc1Cl)C(=O)NC1CCN(CC)CC1. The van der Waals surface area contributed by atoms with Gasteiger partial charge in [-0.3, -0.25) is 4.79 Å². The zero-order valence-electron chi connectivity index (χ0n) is 14.3. The molecule has 1 aliphatic heterocycles. The highest BCUT2D eigenvalue weighted by Gasteiger charge is 2.25. The van der Waals surface area contributed by atoms with Crippen molar-refractivity contribution in [1.82, 2.24) is 10.2 Å². The fourth-order valence-corrected chi connectivity index (χ4v) is 3.03. The Balaban J connectivity index is 1.92. The summed E-state index contributed by atoms with van der Waals surface area (Å²) in [7, 11) is 0. The first-order valence-corrected chi connectivity index (χ1v) is 8.86. The van der Waals surface area contributed by atoms with Crippen molar-refractivity contribution in [1.29, 1.82) is 0 Å². The minimum atomic E-state index is -0.501. The van der Waals surface area contributed by atoms with E-state index in [0.717, 1.165) is 38.0 Å². The van der Waals surface area contributed by atoms with Crippen molar-refractivity contribution in [3.63, 3.8) is 0 Å². The van der Waals surface area contributed by atoms with Gasteiger partial charge in [0.05, 0.1) is 5.02 Å². The van der Waals surface area contributed by atoms with Crippen LogP contribution in [0, 0.1) is 6.92 Å². The van der Waals surface area contributed by atoms with Crippen LogP contribution in [-0.2, 0) is 4.79 Å². The van der Waals surface area contributed by atoms with E-state index in [1.807, 2.05) is 26.0 Å². The van der Waals surface area contributed by atoms with E-state index in [-0.39, 0.29) is 11.9 Å². The van der Waals surface area contributed by atoms with E-state index < -0.39 is 6.10 Å². The zero-order valence-corrected chi connectivity index (χ0v) is 15.0. The maximum atomic E-state index is 12.5. The lowest BCUT2D eigenvalue weighted by molar-refractivity contribution is -0.129. The van der Waals surface area contributed by atoms with Gasteiger partial charge in [0.2, 0.25) is 0 Å². The molecule has 1 aromatic rings. The van der Waals surface area contributed by atoms with Gasteiger partial charge in [0.15, 0.2) is 6.10 Å². The highest BCUT2D eigenvalue weighted by atomic mass is 35.5. The van der Waals surface area contributed by atoms with Gasteiger partial charge in [0.25, 0.3) is 5.91 Å². The fraction of sp³-hybridized carbons (Fsp3) is 0.611. The summed E-state index contributed by atoms with van der Waals surface area (Å²) in [6.07, 6.45) is 2.12. The van der Waals surface area contributed by atoms with Crippen molar-refractivity contribution in [2.75, 3.05) is 19.6 Å². The third-order valence-electron chi connectivity index (χ3n) is 4.40. The summed E-state index contributed by atoms with van der Waals surface area (Å²) in [5, 5.41) is 3.68. The molecule has 128 valence electrons. The average Bonchev–Trinajstić information content (AvgIpc) is 2.56. The first-order valence-electron chi connectivity index (χ1n) is 8.49. The number of ether oxygens (including phenoxy) is 1. The van der Waals surface area contributed by atoms with E-state index in [1.165, 1.54) is 0 Å². The van der Waals surface area contributed by atoms with E-state index in [4.69, 9.17) is 16.3 Å². The Morgan fingerprint density at radius 2 is 2.09 bits per heavy atom. The van der Waals surface area contributed by atoms with Gasteiger partial charge in [-0.1, -0.05) is 31.5 Å². The van der Waals surface area contributed by atoms with Gasteiger partial charge in [-0.05, 0) is 50.4 Å². The molecule has 0 bridgehead atoms. The van der Waals surface area contributed by atoms with E-state index >= 15 is 0 Å². The second-order valence-electron chi connectivity index (χ2n) is 6.17. The molecule has 1 saturated heterocycles. The Hall–Kier alpha value is -1.26. The Bertz CT molecular complexity index is 528. The summed E-state index contributed by atoms with van der Waals surface area (Å²) in [4.78, 5) is 14.9. The van der Waals surface area contributed by atoms with Crippen LogP contribution in [0.5, 0.6) is 5.75 Å². The van der Waals surface area contributed by atoms with Crippen LogP contribution in [0.4, 0.5) is 0 Å². The van der Waals surface area contributed by atoms with Crippen molar-refractivity contribution in [3.05, 3.63) is 28.8 Å². The summed E-state index contributed by atoms with van der Waals surface area (Å²) in [5.41, 5.74) is 1.06. The van der Waals surface area contributed by atoms with Crippen LogP contribution in [-0.4, -0.2) is 42.6 Å². The number of nitrogens with one attached hydrogen (secondary N) is 1. The second kappa shape index (κ2) is 8.55. The number of rotatable bonds is 6. The van der Waals surface area contributed by atoms with Crippen LogP contribution < -0.4 is 10.1 Å². The Morgan fingerprint density at radius 1 is 1.39 bits per heavy atom. The predicted molar refractivity (Wildman–Crippen MR) is 94.2 cm³/mol. The van der Waals surface area contributed by atoms with Crippen LogP contribution in [0.1, 0.15) is 38.7 Å². The number of aryl methyl sites for hydroxylation is 1. The molecule has 0 saturated carbocycles. The molecule has 23 heavy (non-hydrogen) atoms. The molecular formula is C18H27ClN2O2. The topological polar surface area (TPSA) is 41.6 Å². The van der Waals surface area contributed by atoms with Crippen LogP contribution in [0.3, 0.4) is 0 Å². The molecule has 0 spiro atoms. The summed E-state index contributed by atoms with van der Waals surface area (Å²) < 4.78 is 5.87. The Kier molecular flexibility index (Phi) is 6.72. The van der Waals surface area contributed by atoms with Crippen molar-refractivity contribution >= 4 is 17.5 Å². The number of benzene rings is 1. The number of nitrogens with zero attached hydrogens (tertiary/aromatic N) is 1. The maximum Gasteiger partial charge on any atom is 0.261 e. The molecule has 1 aliphatic rings. The van der Waals surface area contributed by atoms with Gasteiger partial charge in [-0.25, -0.2) is 0 Å². The smallest absolute Gasteiger partial charge is 0.261 e. The van der Waals surface area contributed by atoms with Crippen LogP contribution in [0.2, 0.25) is 5.02 Å². The lowest BCUT2D eigenvalue weighted by atomic mass is 10.0. The minimum absolute atomic E-state index is 0.0416. The van der Waals surface area contributed by atoms with E-state index in [2.05, 4.69) is 17.1 Å². The zero-order chi connectivity index (χ0) is 16.8. The monoisotopic (exact) mass is 338 g/mol. The molecule has 0 radical (unpaired) electrons. The third-order valence-corrected chi connectivity index (χ3v) is 4.71. The molecule has 4 nitrogen and oxygen atoms in total. The maximum absolute atomic E-state index is 12.5. The Labute approximate surface area is 144 Å². The van der Waals surface area contributed by atoms with Gasteiger partial charge in [-0.2, -0.15) is 0 Å². The predicted octanol–water partition coefficient (Wildman–Crippen LogP) is 3.41. The highest BCUT2D eigenvalue weighted by Crippen LogP contribution is 2.27. The summed E-state index contributed by atoms with van der Waals surface area (Å²) in [6, 6.07) is 5.85. The molecule has 1 heterocycles. The number of halogens is 1. The number of piperidine rings is 1. The van der Waals surface area contributed by atoms with Gasteiger partial charge in [0, 0.05) is 19.1 Å². The lowest BCUT2D eigenvalue weighted by Crippen LogP contribution is -2.48.